The molecule has 1 aromatic rings. The van der Waals surface area contributed by atoms with Crippen LogP contribution in [-0.4, -0.2) is 49.5 Å². The van der Waals surface area contributed by atoms with Crippen molar-refractivity contribution in [3.8, 4) is 0 Å². The standard InChI is InChI=1S/C16H28N4OS.HI/c1-12(13-8-7-9-22-13)10-18-15(17-5)20(6)11-14(21)19-16(2,3)4;/h7-9,12H,10-11H2,1-6H3,(H,17,18)(H,19,21);1H. The van der Waals surface area contributed by atoms with E-state index in [9.17, 15) is 4.79 Å². The second-order valence-electron chi connectivity index (χ2n) is 6.50. The molecule has 1 atom stereocenters. The number of nitrogens with one attached hydrogen (secondary N) is 2. The van der Waals surface area contributed by atoms with Crippen molar-refractivity contribution in [1.29, 1.82) is 0 Å². The fourth-order valence-corrected chi connectivity index (χ4v) is 2.84. The molecule has 0 aliphatic heterocycles. The van der Waals surface area contributed by atoms with E-state index in [4.69, 9.17) is 0 Å². The van der Waals surface area contributed by atoms with Gasteiger partial charge in [-0.15, -0.1) is 35.3 Å². The lowest BCUT2D eigenvalue weighted by molar-refractivity contribution is -0.122. The second kappa shape index (κ2) is 10.1. The molecule has 7 heteroatoms. The van der Waals surface area contributed by atoms with E-state index < -0.39 is 0 Å². The summed E-state index contributed by atoms with van der Waals surface area (Å²) in [5.74, 6) is 1.13. The van der Waals surface area contributed by atoms with Crippen LogP contribution in [0.4, 0.5) is 0 Å². The Morgan fingerprint density at radius 3 is 2.57 bits per heavy atom. The van der Waals surface area contributed by atoms with E-state index in [1.54, 1.807) is 18.4 Å². The zero-order valence-electron chi connectivity index (χ0n) is 14.8. The quantitative estimate of drug-likeness (QED) is 0.411. The van der Waals surface area contributed by atoms with Gasteiger partial charge in [0.1, 0.15) is 0 Å². The average molecular weight is 452 g/mol. The van der Waals surface area contributed by atoms with Crippen molar-refractivity contribution in [1.82, 2.24) is 15.5 Å². The first kappa shape index (κ1) is 22.2. The Bertz CT molecular complexity index is 497. The minimum atomic E-state index is -0.220. The molecular weight excluding hydrogens is 423 g/mol. The fraction of sp³-hybridized carbons (Fsp3) is 0.625. The summed E-state index contributed by atoms with van der Waals surface area (Å²) in [6, 6.07) is 4.20. The molecule has 0 bridgehead atoms. The van der Waals surface area contributed by atoms with Crippen LogP contribution in [0, 0.1) is 0 Å². The van der Waals surface area contributed by atoms with Crippen LogP contribution in [0.25, 0.3) is 0 Å². The van der Waals surface area contributed by atoms with Gasteiger partial charge in [-0.1, -0.05) is 13.0 Å². The van der Waals surface area contributed by atoms with E-state index in [2.05, 4.69) is 40.1 Å². The van der Waals surface area contributed by atoms with Gasteiger partial charge in [-0.05, 0) is 32.2 Å². The van der Waals surface area contributed by atoms with Gasteiger partial charge >= 0.3 is 0 Å². The van der Waals surface area contributed by atoms with Gasteiger partial charge in [-0.2, -0.15) is 0 Å². The fourth-order valence-electron chi connectivity index (χ4n) is 2.05. The minimum absolute atomic E-state index is 0. The van der Waals surface area contributed by atoms with Crippen molar-refractivity contribution in [2.45, 2.75) is 39.2 Å². The molecule has 0 saturated heterocycles. The molecule has 0 aromatic carbocycles. The van der Waals surface area contributed by atoms with E-state index in [-0.39, 0.29) is 42.0 Å². The van der Waals surface area contributed by atoms with Gasteiger partial charge in [0.05, 0.1) is 6.54 Å². The first-order valence-corrected chi connectivity index (χ1v) is 8.37. The molecule has 2 N–H and O–H groups in total. The highest BCUT2D eigenvalue weighted by Gasteiger charge is 2.17. The molecule has 1 rings (SSSR count). The SMILES string of the molecule is CN=C(NCC(C)c1cccs1)N(C)CC(=O)NC(C)(C)C.I. The smallest absolute Gasteiger partial charge is 0.240 e. The number of carbonyl (C=O) groups is 1. The number of nitrogens with zero attached hydrogens (tertiary/aromatic N) is 2. The van der Waals surface area contributed by atoms with Crippen molar-refractivity contribution in [3.05, 3.63) is 22.4 Å². The number of guanidine groups is 1. The number of aliphatic imine (C=N–C) groups is 1. The molecule has 0 saturated carbocycles. The van der Waals surface area contributed by atoms with Gasteiger partial charge in [-0.25, -0.2) is 0 Å². The summed E-state index contributed by atoms with van der Waals surface area (Å²) < 4.78 is 0. The van der Waals surface area contributed by atoms with Crippen molar-refractivity contribution in [2.24, 2.45) is 4.99 Å². The van der Waals surface area contributed by atoms with Crippen molar-refractivity contribution in [2.75, 3.05) is 27.2 Å². The van der Waals surface area contributed by atoms with Crippen LogP contribution in [-0.2, 0) is 4.79 Å². The first-order valence-electron chi connectivity index (χ1n) is 7.49. The van der Waals surface area contributed by atoms with Crippen molar-refractivity contribution in [3.63, 3.8) is 0 Å². The zero-order valence-corrected chi connectivity index (χ0v) is 18.0. The van der Waals surface area contributed by atoms with E-state index in [1.165, 1.54) is 4.88 Å². The molecule has 5 nitrogen and oxygen atoms in total. The lowest BCUT2D eigenvalue weighted by atomic mass is 10.1. The Hall–Kier alpha value is -0.830. The van der Waals surface area contributed by atoms with E-state index in [0.717, 1.165) is 12.5 Å². The average Bonchev–Trinajstić information content (AvgIpc) is 2.90. The Morgan fingerprint density at radius 2 is 2.09 bits per heavy atom. The maximum Gasteiger partial charge on any atom is 0.240 e. The topological polar surface area (TPSA) is 56.7 Å². The maximum absolute atomic E-state index is 12.0. The first-order chi connectivity index (χ1) is 10.2. The predicted molar refractivity (Wildman–Crippen MR) is 110 cm³/mol. The molecule has 0 fully saturated rings. The molecule has 1 unspecified atom stereocenters. The molecule has 0 aliphatic carbocycles. The summed E-state index contributed by atoms with van der Waals surface area (Å²) >= 11 is 1.76. The number of rotatable bonds is 5. The highest BCUT2D eigenvalue weighted by Crippen LogP contribution is 2.19. The van der Waals surface area contributed by atoms with E-state index in [1.807, 2.05) is 32.7 Å². The molecule has 0 radical (unpaired) electrons. The third-order valence-electron chi connectivity index (χ3n) is 3.06. The highest BCUT2D eigenvalue weighted by molar-refractivity contribution is 14.0. The summed E-state index contributed by atoms with van der Waals surface area (Å²) in [7, 11) is 3.60. The third-order valence-corrected chi connectivity index (χ3v) is 4.17. The molecule has 23 heavy (non-hydrogen) atoms. The van der Waals surface area contributed by atoms with E-state index >= 15 is 0 Å². The van der Waals surface area contributed by atoms with Crippen LogP contribution in [0.5, 0.6) is 0 Å². The number of hydrogen-bond donors (Lipinski definition) is 2. The molecule has 1 aromatic heterocycles. The van der Waals surface area contributed by atoms with Crippen LogP contribution in [0.3, 0.4) is 0 Å². The number of thiophene rings is 1. The van der Waals surface area contributed by atoms with Crippen molar-refractivity contribution >= 4 is 47.2 Å². The van der Waals surface area contributed by atoms with Gasteiger partial charge in [0, 0.05) is 37.0 Å². The molecule has 132 valence electrons. The Labute approximate surface area is 161 Å². The summed E-state index contributed by atoms with van der Waals surface area (Å²) in [5.41, 5.74) is -0.220. The van der Waals surface area contributed by atoms with Gasteiger partial charge < -0.3 is 15.5 Å². The molecular formula is C16H29IN4OS. The van der Waals surface area contributed by atoms with Gasteiger partial charge in [-0.3, -0.25) is 9.79 Å². The van der Waals surface area contributed by atoms with Gasteiger partial charge in [0.2, 0.25) is 5.91 Å². The number of carbonyl (C=O) groups excluding carboxylic acids is 1. The van der Waals surface area contributed by atoms with Crippen LogP contribution in [0.15, 0.2) is 22.5 Å². The van der Waals surface area contributed by atoms with Gasteiger partial charge in [0.15, 0.2) is 5.96 Å². The monoisotopic (exact) mass is 452 g/mol. The third kappa shape index (κ3) is 8.55. The lowest BCUT2D eigenvalue weighted by Gasteiger charge is -2.26. The summed E-state index contributed by atoms with van der Waals surface area (Å²) in [5, 5.41) is 8.37. The molecule has 0 aliphatic rings. The number of halogens is 1. The predicted octanol–water partition coefficient (Wildman–Crippen LogP) is 2.89. The second-order valence-corrected chi connectivity index (χ2v) is 7.48. The number of likely N-dealkylation sites (N-methyl/N-ethyl adjacent to an activating group) is 1. The van der Waals surface area contributed by atoms with Crippen LogP contribution in [0.2, 0.25) is 0 Å². The summed E-state index contributed by atoms with van der Waals surface area (Å²) in [4.78, 5) is 19.4. The van der Waals surface area contributed by atoms with Crippen LogP contribution < -0.4 is 10.6 Å². The molecule has 0 spiro atoms. The Balaban J connectivity index is 0.00000484. The molecule has 1 heterocycles. The van der Waals surface area contributed by atoms with Gasteiger partial charge in [0.25, 0.3) is 0 Å². The highest BCUT2D eigenvalue weighted by atomic mass is 127. The van der Waals surface area contributed by atoms with Crippen LogP contribution >= 0.6 is 35.3 Å². The normalized spacial score (nSPS) is 13.0. The lowest BCUT2D eigenvalue weighted by Crippen LogP contribution is -2.49. The van der Waals surface area contributed by atoms with Crippen molar-refractivity contribution < 1.29 is 4.79 Å². The maximum atomic E-state index is 12.0. The minimum Gasteiger partial charge on any atom is -0.356 e. The van der Waals surface area contributed by atoms with Crippen LogP contribution in [0.1, 0.15) is 38.5 Å². The number of amides is 1. The van der Waals surface area contributed by atoms with E-state index in [0.29, 0.717) is 5.92 Å². The Morgan fingerprint density at radius 1 is 1.43 bits per heavy atom. The zero-order chi connectivity index (χ0) is 16.8. The summed E-state index contributed by atoms with van der Waals surface area (Å²) in [6.45, 7) is 9.17. The number of hydrogen-bond acceptors (Lipinski definition) is 3. The Kier molecular flexibility index (Phi) is 9.76. The largest absolute Gasteiger partial charge is 0.356 e. The molecule has 1 amide bonds. The summed E-state index contributed by atoms with van der Waals surface area (Å²) in [6.07, 6.45) is 0.